The molecule has 1 fully saturated rings. The average Bonchev–Trinajstić information content (AvgIpc) is 3.23. The third-order valence-electron chi connectivity index (χ3n) is 5.53. The van der Waals surface area contributed by atoms with Gasteiger partial charge in [0.1, 0.15) is 5.54 Å². The lowest BCUT2D eigenvalue weighted by molar-refractivity contribution is -0.123. The monoisotopic (exact) mass is 341 g/mol. The summed E-state index contributed by atoms with van der Waals surface area (Å²) in [6.07, 6.45) is 5.20. The number of nitrogens with one attached hydrogen (secondary N) is 1. The van der Waals surface area contributed by atoms with Gasteiger partial charge in [-0.3, -0.25) is 9.78 Å². The molecule has 1 spiro atoms. The zero-order valence-corrected chi connectivity index (χ0v) is 14.4. The van der Waals surface area contributed by atoms with E-state index in [9.17, 15) is 4.79 Å². The topological polar surface area (TPSA) is 45.2 Å². The van der Waals surface area contributed by atoms with Gasteiger partial charge in [0.25, 0.3) is 0 Å². The summed E-state index contributed by atoms with van der Waals surface area (Å²) in [5, 5.41) is 3.04. The largest absolute Gasteiger partial charge is 0.354 e. The molecule has 1 atom stereocenters. The lowest BCUT2D eigenvalue weighted by Crippen LogP contribution is -2.50. The van der Waals surface area contributed by atoms with Crippen LogP contribution in [0.2, 0.25) is 0 Å². The lowest BCUT2D eigenvalue weighted by atomic mass is 9.92. The van der Waals surface area contributed by atoms with E-state index in [4.69, 9.17) is 0 Å². The van der Waals surface area contributed by atoms with Gasteiger partial charge in [0.05, 0.1) is 0 Å². The SMILES string of the molecule is O=C1NCCC12Cc1ccccc1N2c1ccc(-c2ccncc2)cc1. The first-order chi connectivity index (χ1) is 12.8. The summed E-state index contributed by atoms with van der Waals surface area (Å²) in [5.41, 5.74) is 5.23. The van der Waals surface area contributed by atoms with Gasteiger partial charge in [-0.1, -0.05) is 30.3 Å². The fraction of sp³-hybridized carbons (Fsp3) is 0.182. The highest BCUT2D eigenvalue weighted by molar-refractivity contribution is 5.98. The minimum Gasteiger partial charge on any atom is -0.354 e. The molecule has 26 heavy (non-hydrogen) atoms. The Bertz CT molecular complexity index is 968. The quantitative estimate of drug-likeness (QED) is 0.773. The molecule has 1 saturated heterocycles. The van der Waals surface area contributed by atoms with Crippen LogP contribution in [0.3, 0.4) is 0 Å². The Labute approximate surface area is 152 Å². The minimum atomic E-state index is -0.498. The summed E-state index contributed by atoms with van der Waals surface area (Å²) in [5.74, 6) is 0.131. The predicted octanol–water partition coefficient (Wildman–Crippen LogP) is 3.70. The van der Waals surface area contributed by atoms with Crippen molar-refractivity contribution in [2.75, 3.05) is 11.4 Å². The van der Waals surface area contributed by atoms with E-state index in [0.717, 1.165) is 41.9 Å². The van der Waals surface area contributed by atoms with Crippen LogP contribution in [0.25, 0.3) is 11.1 Å². The van der Waals surface area contributed by atoms with Crippen molar-refractivity contribution >= 4 is 17.3 Å². The molecule has 2 aromatic carbocycles. The second-order valence-electron chi connectivity index (χ2n) is 6.96. The van der Waals surface area contributed by atoms with Crippen molar-refractivity contribution in [3.63, 3.8) is 0 Å². The Morgan fingerprint density at radius 3 is 2.38 bits per heavy atom. The van der Waals surface area contributed by atoms with Gasteiger partial charge in [-0.15, -0.1) is 0 Å². The van der Waals surface area contributed by atoms with Crippen LogP contribution in [0.5, 0.6) is 0 Å². The maximum absolute atomic E-state index is 12.8. The number of hydrogen-bond acceptors (Lipinski definition) is 3. The first-order valence-corrected chi connectivity index (χ1v) is 8.95. The van der Waals surface area contributed by atoms with Crippen LogP contribution >= 0.6 is 0 Å². The van der Waals surface area contributed by atoms with Gasteiger partial charge in [0.15, 0.2) is 0 Å². The number of hydrogen-bond donors (Lipinski definition) is 1. The van der Waals surface area contributed by atoms with Crippen molar-refractivity contribution in [1.82, 2.24) is 10.3 Å². The summed E-state index contributed by atoms with van der Waals surface area (Å²) >= 11 is 0. The van der Waals surface area contributed by atoms with Gasteiger partial charge in [-0.05, 0) is 53.4 Å². The Balaban J connectivity index is 1.60. The van der Waals surface area contributed by atoms with Crippen LogP contribution < -0.4 is 10.2 Å². The van der Waals surface area contributed by atoms with Gasteiger partial charge >= 0.3 is 0 Å². The Kier molecular flexibility index (Phi) is 3.32. The molecule has 4 heteroatoms. The summed E-state index contributed by atoms with van der Waals surface area (Å²) in [7, 11) is 0. The number of rotatable bonds is 2. The van der Waals surface area contributed by atoms with E-state index < -0.39 is 5.54 Å². The van der Waals surface area contributed by atoms with Crippen molar-refractivity contribution in [2.45, 2.75) is 18.4 Å². The molecule has 1 aromatic heterocycles. The Morgan fingerprint density at radius 2 is 1.65 bits per heavy atom. The highest BCUT2D eigenvalue weighted by Crippen LogP contribution is 2.47. The van der Waals surface area contributed by atoms with E-state index >= 15 is 0 Å². The fourth-order valence-electron chi connectivity index (χ4n) is 4.28. The van der Waals surface area contributed by atoms with Crippen molar-refractivity contribution in [3.8, 4) is 11.1 Å². The molecular formula is C22H19N3O. The average molecular weight is 341 g/mol. The number of aromatic nitrogens is 1. The summed E-state index contributed by atoms with van der Waals surface area (Å²) in [6, 6.07) is 20.8. The second-order valence-corrected chi connectivity index (χ2v) is 6.96. The highest BCUT2D eigenvalue weighted by atomic mass is 16.2. The van der Waals surface area contributed by atoms with E-state index in [1.54, 1.807) is 12.4 Å². The first kappa shape index (κ1) is 15.1. The normalized spacial score (nSPS) is 21.1. The van der Waals surface area contributed by atoms with Gasteiger partial charge < -0.3 is 10.2 Å². The molecule has 0 saturated carbocycles. The number of fused-ring (bicyclic) bond motifs is 1. The van der Waals surface area contributed by atoms with Gasteiger partial charge in [-0.2, -0.15) is 0 Å². The van der Waals surface area contributed by atoms with Crippen LogP contribution in [0.1, 0.15) is 12.0 Å². The van der Waals surface area contributed by atoms with Crippen molar-refractivity contribution in [3.05, 3.63) is 78.6 Å². The van der Waals surface area contributed by atoms with Gasteiger partial charge in [-0.25, -0.2) is 0 Å². The standard InChI is InChI=1S/C22H19N3O/c26-21-22(11-14-24-21)15-18-3-1-2-4-20(18)25(22)19-7-5-16(6-8-19)17-9-12-23-13-10-17/h1-10,12-13H,11,14-15H2,(H,24,26). The molecule has 2 aliphatic rings. The maximum Gasteiger partial charge on any atom is 0.246 e. The number of benzene rings is 2. The molecule has 0 aliphatic carbocycles. The van der Waals surface area contributed by atoms with E-state index in [2.05, 4.69) is 57.7 Å². The number of anilines is 2. The van der Waals surface area contributed by atoms with Crippen molar-refractivity contribution in [1.29, 1.82) is 0 Å². The molecule has 128 valence electrons. The third kappa shape index (κ3) is 2.15. The molecule has 1 unspecified atom stereocenters. The first-order valence-electron chi connectivity index (χ1n) is 8.95. The molecule has 5 rings (SSSR count). The van der Waals surface area contributed by atoms with Crippen molar-refractivity contribution in [2.24, 2.45) is 0 Å². The van der Waals surface area contributed by atoms with E-state index in [0.29, 0.717) is 0 Å². The minimum absolute atomic E-state index is 0.131. The van der Waals surface area contributed by atoms with Gasteiger partial charge in [0.2, 0.25) is 5.91 Å². The zero-order chi connectivity index (χ0) is 17.6. The van der Waals surface area contributed by atoms with E-state index in [-0.39, 0.29) is 5.91 Å². The number of pyridine rings is 1. The predicted molar refractivity (Wildman–Crippen MR) is 102 cm³/mol. The molecule has 0 bridgehead atoms. The van der Waals surface area contributed by atoms with Crippen LogP contribution in [-0.4, -0.2) is 23.0 Å². The third-order valence-corrected chi connectivity index (χ3v) is 5.53. The Morgan fingerprint density at radius 1 is 0.923 bits per heavy atom. The van der Waals surface area contributed by atoms with Crippen LogP contribution in [0, 0.1) is 0 Å². The van der Waals surface area contributed by atoms with Crippen molar-refractivity contribution < 1.29 is 4.79 Å². The molecule has 3 heterocycles. The molecule has 0 radical (unpaired) electrons. The number of nitrogens with zero attached hydrogens (tertiary/aromatic N) is 2. The highest BCUT2D eigenvalue weighted by Gasteiger charge is 2.52. The summed E-state index contributed by atoms with van der Waals surface area (Å²) < 4.78 is 0. The Hall–Kier alpha value is -3.14. The molecule has 2 aliphatic heterocycles. The maximum atomic E-state index is 12.8. The fourth-order valence-corrected chi connectivity index (χ4v) is 4.28. The smallest absolute Gasteiger partial charge is 0.246 e. The number of carbonyl (C=O) groups excluding carboxylic acids is 1. The van der Waals surface area contributed by atoms with E-state index in [1.165, 1.54) is 5.56 Å². The molecule has 1 N–H and O–H groups in total. The number of para-hydroxylation sites is 1. The lowest BCUT2D eigenvalue weighted by Gasteiger charge is -2.35. The summed E-state index contributed by atoms with van der Waals surface area (Å²) in [6.45, 7) is 0.735. The van der Waals surface area contributed by atoms with Gasteiger partial charge in [0, 0.05) is 36.7 Å². The molecule has 1 amide bonds. The van der Waals surface area contributed by atoms with E-state index in [1.807, 2.05) is 18.2 Å². The van der Waals surface area contributed by atoms with Crippen LogP contribution in [0.15, 0.2) is 73.1 Å². The molecule has 3 aromatic rings. The zero-order valence-electron chi connectivity index (χ0n) is 14.4. The summed E-state index contributed by atoms with van der Waals surface area (Å²) in [4.78, 5) is 19.1. The second kappa shape index (κ2) is 5.70. The molecular weight excluding hydrogens is 322 g/mol. The number of amides is 1. The number of carbonyl (C=O) groups is 1. The van der Waals surface area contributed by atoms with Crippen LogP contribution in [-0.2, 0) is 11.2 Å². The molecule has 4 nitrogen and oxygen atoms in total. The van der Waals surface area contributed by atoms with Crippen LogP contribution in [0.4, 0.5) is 11.4 Å².